The number of hydrogen-bond acceptors (Lipinski definition) is 3. The SMILES string of the molecule is CCCOc1cccc(N(CCC)C2CC2)c1N. The summed E-state index contributed by atoms with van der Waals surface area (Å²) in [5.41, 5.74) is 8.20. The van der Waals surface area contributed by atoms with Gasteiger partial charge in [0.1, 0.15) is 5.75 Å². The van der Waals surface area contributed by atoms with Crippen LogP contribution in [0.3, 0.4) is 0 Å². The summed E-state index contributed by atoms with van der Waals surface area (Å²) in [5.74, 6) is 0.830. The van der Waals surface area contributed by atoms with Crippen LogP contribution in [0.15, 0.2) is 18.2 Å². The summed E-state index contributed by atoms with van der Waals surface area (Å²) >= 11 is 0. The van der Waals surface area contributed by atoms with Gasteiger partial charge in [-0.1, -0.05) is 19.9 Å². The molecule has 0 spiro atoms. The van der Waals surface area contributed by atoms with Crippen molar-refractivity contribution in [2.75, 3.05) is 23.8 Å². The highest BCUT2D eigenvalue weighted by atomic mass is 16.5. The molecule has 1 aliphatic carbocycles. The molecule has 0 bridgehead atoms. The molecule has 0 aromatic heterocycles. The summed E-state index contributed by atoms with van der Waals surface area (Å²) in [6.07, 6.45) is 4.74. The Morgan fingerprint density at radius 2 is 2.06 bits per heavy atom. The van der Waals surface area contributed by atoms with Crippen LogP contribution in [0, 0.1) is 0 Å². The Labute approximate surface area is 110 Å². The van der Waals surface area contributed by atoms with E-state index in [2.05, 4.69) is 24.8 Å². The average Bonchev–Trinajstić information content (AvgIpc) is 3.19. The van der Waals surface area contributed by atoms with Gasteiger partial charge in [-0.15, -0.1) is 0 Å². The van der Waals surface area contributed by atoms with E-state index in [1.165, 1.54) is 12.8 Å². The molecule has 1 aliphatic rings. The zero-order chi connectivity index (χ0) is 13.0. The molecule has 0 aliphatic heterocycles. The van der Waals surface area contributed by atoms with E-state index in [1.54, 1.807) is 0 Å². The molecule has 1 aromatic rings. The van der Waals surface area contributed by atoms with E-state index < -0.39 is 0 Å². The third-order valence-corrected chi connectivity index (χ3v) is 3.27. The first-order valence-electron chi connectivity index (χ1n) is 7.05. The van der Waals surface area contributed by atoms with E-state index in [4.69, 9.17) is 10.5 Å². The minimum atomic E-state index is 0.689. The fraction of sp³-hybridized carbons (Fsp3) is 0.600. The van der Waals surface area contributed by atoms with Gasteiger partial charge in [0.05, 0.1) is 18.0 Å². The number of benzene rings is 1. The number of nitrogen functional groups attached to an aromatic ring is 1. The zero-order valence-corrected chi connectivity index (χ0v) is 11.5. The van der Waals surface area contributed by atoms with E-state index >= 15 is 0 Å². The second kappa shape index (κ2) is 5.98. The van der Waals surface area contributed by atoms with Crippen LogP contribution in [0.25, 0.3) is 0 Å². The van der Waals surface area contributed by atoms with Gasteiger partial charge in [0.15, 0.2) is 0 Å². The van der Waals surface area contributed by atoms with Gasteiger partial charge in [0.25, 0.3) is 0 Å². The summed E-state index contributed by atoms with van der Waals surface area (Å²) in [6.45, 7) is 6.12. The van der Waals surface area contributed by atoms with Crippen molar-refractivity contribution in [3.05, 3.63) is 18.2 Å². The van der Waals surface area contributed by atoms with Crippen molar-refractivity contribution < 1.29 is 4.74 Å². The van der Waals surface area contributed by atoms with Crippen LogP contribution in [0.1, 0.15) is 39.5 Å². The molecule has 18 heavy (non-hydrogen) atoms. The number of ether oxygens (including phenoxy) is 1. The second-order valence-electron chi connectivity index (χ2n) is 4.96. The predicted octanol–water partition coefficient (Wildman–Crippen LogP) is 3.44. The Balaban J connectivity index is 2.19. The van der Waals surface area contributed by atoms with Crippen LogP contribution < -0.4 is 15.4 Å². The topological polar surface area (TPSA) is 38.5 Å². The normalized spacial score (nSPS) is 14.6. The highest BCUT2D eigenvalue weighted by Gasteiger charge is 2.30. The highest BCUT2D eigenvalue weighted by molar-refractivity contribution is 5.74. The number of anilines is 2. The average molecular weight is 248 g/mol. The Morgan fingerprint density at radius 1 is 1.28 bits per heavy atom. The van der Waals surface area contributed by atoms with Crippen molar-refractivity contribution in [2.24, 2.45) is 0 Å². The number of nitrogens with zero attached hydrogens (tertiary/aromatic N) is 1. The Hall–Kier alpha value is -1.38. The van der Waals surface area contributed by atoms with Gasteiger partial charge < -0.3 is 15.4 Å². The van der Waals surface area contributed by atoms with Crippen molar-refractivity contribution in [3.63, 3.8) is 0 Å². The summed E-state index contributed by atoms with van der Waals surface area (Å²) in [4.78, 5) is 2.44. The molecular weight excluding hydrogens is 224 g/mol. The van der Waals surface area contributed by atoms with Gasteiger partial charge in [0.2, 0.25) is 0 Å². The predicted molar refractivity (Wildman–Crippen MR) is 77.3 cm³/mol. The number of nitrogens with two attached hydrogens (primary N) is 1. The van der Waals surface area contributed by atoms with Crippen LogP contribution in [-0.2, 0) is 0 Å². The quantitative estimate of drug-likeness (QED) is 0.751. The second-order valence-corrected chi connectivity index (χ2v) is 4.96. The summed E-state index contributed by atoms with van der Waals surface area (Å²) < 4.78 is 5.70. The van der Waals surface area contributed by atoms with Crippen LogP contribution in [0.5, 0.6) is 5.75 Å². The molecule has 1 fully saturated rings. The molecule has 1 saturated carbocycles. The van der Waals surface area contributed by atoms with Gasteiger partial charge in [-0.3, -0.25) is 0 Å². The fourth-order valence-corrected chi connectivity index (χ4v) is 2.25. The largest absolute Gasteiger partial charge is 0.491 e. The number of para-hydroxylation sites is 1. The third-order valence-electron chi connectivity index (χ3n) is 3.27. The number of rotatable bonds is 7. The molecule has 0 unspecified atom stereocenters. The van der Waals surface area contributed by atoms with Gasteiger partial charge in [0, 0.05) is 12.6 Å². The summed E-state index contributed by atoms with van der Waals surface area (Å²) in [5, 5.41) is 0. The van der Waals surface area contributed by atoms with Crippen molar-refractivity contribution >= 4 is 11.4 Å². The minimum Gasteiger partial charge on any atom is -0.491 e. The van der Waals surface area contributed by atoms with E-state index in [0.717, 1.165) is 43.1 Å². The zero-order valence-electron chi connectivity index (χ0n) is 11.5. The Morgan fingerprint density at radius 3 is 2.67 bits per heavy atom. The maximum atomic E-state index is 6.25. The first kappa shape index (κ1) is 13.1. The standard InChI is InChI=1S/C15H24N2O/c1-3-10-17(12-8-9-12)13-6-5-7-14(15(13)16)18-11-4-2/h5-7,12H,3-4,8-11,16H2,1-2H3. The van der Waals surface area contributed by atoms with Gasteiger partial charge in [-0.2, -0.15) is 0 Å². The van der Waals surface area contributed by atoms with Gasteiger partial charge >= 0.3 is 0 Å². The first-order chi connectivity index (χ1) is 8.77. The van der Waals surface area contributed by atoms with Crippen LogP contribution >= 0.6 is 0 Å². The van der Waals surface area contributed by atoms with Crippen molar-refractivity contribution in [1.29, 1.82) is 0 Å². The van der Waals surface area contributed by atoms with Crippen molar-refractivity contribution in [1.82, 2.24) is 0 Å². The molecule has 3 heteroatoms. The lowest BCUT2D eigenvalue weighted by atomic mass is 10.2. The lowest BCUT2D eigenvalue weighted by Gasteiger charge is -2.26. The van der Waals surface area contributed by atoms with E-state index in [0.29, 0.717) is 6.04 Å². The smallest absolute Gasteiger partial charge is 0.144 e. The first-order valence-corrected chi connectivity index (χ1v) is 7.05. The van der Waals surface area contributed by atoms with E-state index in [1.807, 2.05) is 12.1 Å². The molecule has 2 rings (SSSR count). The molecule has 0 heterocycles. The molecule has 3 nitrogen and oxygen atoms in total. The fourth-order valence-electron chi connectivity index (χ4n) is 2.25. The van der Waals surface area contributed by atoms with E-state index in [-0.39, 0.29) is 0 Å². The van der Waals surface area contributed by atoms with Crippen molar-refractivity contribution in [2.45, 2.75) is 45.6 Å². The molecule has 1 aromatic carbocycles. The maximum absolute atomic E-state index is 6.25. The molecule has 0 atom stereocenters. The molecule has 0 saturated heterocycles. The molecule has 100 valence electrons. The lowest BCUT2D eigenvalue weighted by molar-refractivity contribution is 0.319. The summed E-state index contributed by atoms with van der Waals surface area (Å²) in [6, 6.07) is 6.81. The lowest BCUT2D eigenvalue weighted by Crippen LogP contribution is -2.27. The monoisotopic (exact) mass is 248 g/mol. The van der Waals surface area contributed by atoms with Crippen molar-refractivity contribution in [3.8, 4) is 5.75 Å². The van der Waals surface area contributed by atoms with Gasteiger partial charge in [-0.05, 0) is 37.8 Å². The van der Waals surface area contributed by atoms with Crippen LogP contribution in [0.4, 0.5) is 11.4 Å². The maximum Gasteiger partial charge on any atom is 0.144 e. The van der Waals surface area contributed by atoms with E-state index in [9.17, 15) is 0 Å². The number of hydrogen-bond donors (Lipinski definition) is 1. The minimum absolute atomic E-state index is 0.689. The molecule has 0 amide bonds. The molecular formula is C15H24N2O. The molecule has 2 N–H and O–H groups in total. The summed E-state index contributed by atoms with van der Waals surface area (Å²) in [7, 11) is 0. The van der Waals surface area contributed by atoms with Crippen LogP contribution in [0.2, 0.25) is 0 Å². The van der Waals surface area contributed by atoms with Gasteiger partial charge in [-0.25, -0.2) is 0 Å². The highest BCUT2D eigenvalue weighted by Crippen LogP contribution is 2.38. The Bertz CT molecular complexity index is 388. The molecule has 0 radical (unpaired) electrons. The van der Waals surface area contributed by atoms with Crippen LogP contribution in [-0.4, -0.2) is 19.2 Å². The Kier molecular flexibility index (Phi) is 4.34. The third kappa shape index (κ3) is 2.89.